The Morgan fingerprint density at radius 1 is 1.18 bits per heavy atom. The molecule has 0 aromatic heterocycles. The summed E-state index contributed by atoms with van der Waals surface area (Å²) in [6, 6.07) is 12.9. The third-order valence-corrected chi connectivity index (χ3v) is 4.70. The van der Waals surface area contributed by atoms with Crippen LogP contribution in [0.25, 0.3) is 0 Å². The molecule has 0 radical (unpaired) electrons. The molecule has 2 aromatic carbocycles. The van der Waals surface area contributed by atoms with E-state index in [2.05, 4.69) is 40.7 Å². The van der Waals surface area contributed by atoms with Crippen molar-refractivity contribution in [1.82, 2.24) is 10.6 Å². The molecule has 0 atom stereocenters. The lowest BCUT2D eigenvalue weighted by Gasteiger charge is -2.15. The molecule has 148 valence electrons. The molecule has 0 saturated heterocycles. The molecule has 3 rings (SSSR count). The van der Waals surface area contributed by atoms with Crippen molar-refractivity contribution in [3.8, 4) is 5.75 Å². The van der Waals surface area contributed by atoms with Crippen molar-refractivity contribution in [2.75, 3.05) is 13.7 Å². The van der Waals surface area contributed by atoms with Crippen LogP contribution in [0.15, 0.2) is 47.5 Å². The van der Waals surface area contributed by atoms with Crippen molar-refractivity contribution < 1.29 is 9.66 Å². The number of nitrogens with one attached hydrogen (secondary N) is 2. The van der Waals surface area contributed by atoms with E-state index < -0.39 is 0 Å². The first-order chi connectivity index (χ1) is 13.6. The van der Waals surface area contributed by atoms with Crippen LogP contribution >= 0.6 is 0 Å². The highest BCUT2D eigenvalue weighted by Crippen LogP contribution is 2.30. The van der Waals surface area contributed by atoms with Crippen molar-refractivity contribution in [2.45, 2.75) is 32.9 Å². The molecule has 2 aromatic rings. The van der Waals surface area contributed by atoms with Gasteiger partial charge in [-0.05, 0) is 37.3 Å². The number of aliphatic imine (C=N–C) groups is 1. The molecular formula is C21H26N4O3. The van der Waals surface area contributed by atoms with Crippen molar-refractivity contribution in [2.24, 2.45) is 10.9 Å². The second-order valence-electron chi connectivity index (χ2n) is 7.03. The number of hydrogen-bond acceptors (Lipinski definition) is 4. The van der Waals surface area contributed by atoms with Gasteiger partial charge in [0.15, 0.2) is 5.96 Å². The minimum atomic E-state index is -0.372. The summed E-state index contributed by atoms with van der Waals surface area (Å²) in [6.45, 7) is 3.68. The van der Waals surface area contributed by atoms with Crippen molar-refractivity contribution in [3.05, 3.63) is 69.3 Å². The number of rotatable bonds is 8. The monoisotopic (exact) mass is 382 g/mol. The van der Waals surface area contributed by atoms with Crippen LogP contribution in [-0.2, 0) is 13.1 Å². The fourth-order valence-corrected chi connectivity index (χ4v) is 2.85. The van der Waals surface area contributed by atoms with Gasteiger partial charge in [0.2, 0.25) is 0 Å². The summed E-state index contributed by atoms with van der Waals surface area (Å²) in [7, 11) is 1.67. The third kappa shape index (κ3) is 5.45. The van der Waals surface area contributed by atoms with Gasteiger partial charge in [0.25, 0.3) is 5.69 Å². The standard InChI is InChI=1S/C21H26N4O3/c1-15-7-10-18(20(11-15)28-14-16-8-9-16)13-24-21(22-2)23-12-17-5-3-4-6-19(17)25(26)27/h3-7,10-11,16H,8-9,12-14H2,1-2H3,(H2,22,23,24). The van der Waals surface area contributed by atoms with Crippen LogP contribution in [0.5, 0.6) is 5.75 Å². The van der Waals surface area contributed by atoms with E-state index in [1.165, 1.54) is 18.9 Å². The van der Waals surface area contributed by atoms with Crippen molar-refractivity contribution in [1.29, 1.82) is 0 Å². The van der Waals surface area contributed by atoms with Crippen LogP contribution in [-0.4, -0.2) is 24.5 Å². The molecular weight excluding hydrogens is 356 g/mol. The second kappa shape index (κ2) is 9.21. The van der Waals surface area contributed by atoms with E-state index in [9.17, 15) is 10.1 Å². The zero-order valence-electron chi connectivity index (χ0n) is 16.3. The topological polar surface area (TPSA) is 88.8 Å². The number of guanidine groups is 1. The fraction of sp³-hybridized carbons (Fsp3) is 0.381. The smallest absolute Gasteiger partial charge is 0.274 e. The van der Waals surface area contributed by atoms with Crippen LogP contribution in [0, 0.1) is 23.0 Å². The lowest BCUT2D eigenvalue weighted by atomic mass is 10.1. The number of ether oxygens (including phenoxy) is 1. The summed E-state index contributed by atoms with van der Waals surface area (Å²) in [4.78, 5) is 15.0. The highest BCUT2D eigenvalue weighted by molar-refractivity contribution is 5.79. The number of aryl methyl sites for hydroxylation is 1. The third-order valence-electron chi connectivity index (χ3n) is 4.70. The van der Waals surface area contributed by atoms with E-state index in [-0.39, 0.29) is 10.6 Å². The molecule has 0 bridgehead atoms. The molecule has 0 spiro atoms. The molecule has 28 heavy (non-hydrogen) atoms. The normalized spacial score (nSPS) is 13.9. The van der Waals surface area contributed by atoms with Gasteiger partial charge in [0.05, 0.1) is 11.5 Å². The van der Waals surface area contributed by atoms with Crippen LogP contribution in [0.3, 0.4) is 0 Å². The van der Waals surface area contributed by atoms with Crippen LogP contribution in [0.4, 0.5) is 5.69 Å². The highest BCUT2D eigenvalue weighted by Gasteiger charge is 2.22. The first-order valence-electron chi connectivity index (χ1n) is 9.46. The Kier molecular flexibility index (Phi) is 6.47. The van der Waals surface area contributed by atoms with E-state index >= 15 is 0 Å². The lowest BCUT2D eigenvalue weighted by Crippen LogP contribution is -2.36. The SMILES string of the molecule is CN=C(NCc1ccc(C)cc1OCC1CC1)NCc1ccccc1[N+](=O)[O-]. The van der Waals surface area contributed by atoms with Gasteiger partial charge in [0, 0.05) is 37.3 Å². The van der Waals surface area contributed by atoms with Crippen molar-refractivity contribution in [3.63, 3.8) is 0 Å². The number of hydrogen-bond donors (Lipinski definition) is 2. The Labute approximate surface area is 165 Å². The molecule has 0 heterocycles. The Morgan fingerprint density at radius 3 is 2.57 bits per heavy atom. The van der Waals surface area contributed by atoms with Gasteiger partial charge >= 0.3 is 0 Å². The molecule has 1 aliphatic rings. The summed E-state index contributed by atoms with van der Waals surface area (Å²) in [5, 5.41) is 17.5. The maximum Gasteiger partial charge on any atom is 0.274 e. The fourth-order valence-electron chi connectivity index (χ4n) is 2.85. The summed E-state index contributed by atoms with van der Waals surface area (Å²) < 4.78 is 6.00. The minimum absolute atomic E-state index is 0.0970. The number of nitro groups is 1. The quantitative estimate of drug-likeness (QED) is 0.315. The lowest BCUT2D eigenvalue weighted by molar-refractivity contribution is -0.385. The number of benzene rings is 2. The average molecular weight is 382 g/mol. The first-order valence-corrected chi connectivity index (χ1v) is 9.46. The molecule has 0 aliphatic heterocycles. The largest absolute Gasteiger partial charge is 0.493 e. The Bertz CT molecular complexity index is 862. The van der Waals surface area contributed by atoms with Gasteiger partial charge in [0.1, 0.15) is 5.75 Å². The maximum absolute atomic E-state index is 11.1. The van der Waals surface area contributed by atoms with E-state index in [1.54, 1.807) is 25.2 Å². The number of para-hydroxylation sites is 1. The Balaban J connectivity index is 1.59. The summed E-state index contributed by atoms with van der Waals surface area (Å²) in [6.07, 6.45) is 2.50. The predicted molar refractivity (Wildman–Crippen MR) is 110 cm³/mol. The number of nitrogens with zero attached hydrogens (tertiary/aromatic N) is 2. The van der Waals surface area contributed by atoms with Gasteiger partial charge in [-0.1, -0.05) is 30.3 Å². The zero-order valence-corrected chi connectivity index (χ0v) is 16.3. The van der Waals surface area contributed by atoms with Gasteiger partial charge in [-0.25, -0.2) is 0 Å². The Morgan fingerprint density at radius 2 is 1.89 bits per heavy atom. The molecule has 1 fully saturated rings. The first kappa shape index (κ1) is 19.7. The summed E-state index contributed by atoms with van der Waals surface area (Å²) in [5.41, 5.74) is 2.92. The highest BCUT2D eigenvalue weighted by atomic mass is 16.6. The average Bonchev–Trinajstić information content (AvgIpc) is 3.52. The van der Waals surface area contributed by atoms with Gasteiger partial charge in [-0.3, -0.25) is 15.1 Å². The molecule has 1 aliphatic carbocycles. The van der Waals surface area contributed by atoms with E-state index in [0.29, 0.717) is 30.5 Å². The van der Waals surface area contributed by atoms with Crippen molar-refractivity contribution >= 4 is 11.6 Å². The molecule has 7 nitrogen and oxygen atoms in total. The molecule has 2 N–H and O–H groups in total. The van der Waals surface area contributed by atoms with Gasteiger partial charge < -0.3 is 15.4 Å². The molecule has 0 amide bonds. The van der Waals surface area contributed by atoms with Crippen LogP contribution in [0.1, 0.15) is 29.5 Å². The van der Waals surface area contributed by atoms with Crippen LogP contribution < -0.4 is 15.4 Å². The molecule has 1 saturated carbocycles. The maximum atomic E-state index is 11.1. The van der Waals surface area contributed by atoms with Gasteiger partial charge in [-0.15, -0.1) is 0 Å². The number of nitro benzene ring substituents is 1. The van der Waals surface area contributed by atoms with E-state index in [4.69, 9.17) is 4.74 Å². The Hall–Kier alpha value is -3.09. The minimum Gasteiger partial charge on any atom is -0.493 e. The van der Waals surface area contributed by atoms with Crippen LogP contribution in [0.2, 0.25) is 0 Å². The van der Waals surface area contributed by atoms with E-state index in [1.807, 2.05) is 0 Å². The summed E-state index contributed by atoms with van der Waals surface area (Å²) >= 11 is 0. The second-order valence-corrected chi connectivity index (χ2v) is 7.03. The van der Waals surface area contributed by atoms with E-state index in [0.717, 1.165) is 23.5 Å². The molecule has 0 unspecified atom stereocenters. The summed E-state index contributed by atoms with van der Waals surface area (Å²) in [5.74, 6) is 2.16. The molecule has 7 heteroatoms. The van der Waals surface area contributed by atoms with Gasteiger partial charge in [-0.2, -0.15) is 0 Å². The zero-order chi connectivity index (χ0) is 19.9. The predicted octanol–water partition coefficient (Wildman–Crippen LogP) is 3.56.